The molecule has 1 fully saturated rings. The molecule has 1 N–H and O–H groups in total. The zero-order valence-electron chi connectivity index (χ0n) is 11.6. The standard InChI is InChI=1S/C12H18N4O2S2/c1-3-19-12-15-14-11(20-12)13-10(18)9-4-6-16(7-5-9)8(2)17/h9H,3-7H2,1-2H3,(H,13,14,18). The highest BCUT2D eigenvalue weighted by atomic mass is 32.2. The van der Waals surface area contributed by atoms with Crippen LogP contribution in [0, 0.1) is 5.92 Å². The lowest BCUT2D eigenvalue weighted by Crippen LogP contribution is -2.40. The minimum Gasteiger partial charge on any atom is -0.343 e. The van der Waals surface area contributed by atoms with Crippen molar-refractivity contribution in [1.29, 1.82) is 0 Å². The van der Waals surface area contributed by atoms with Gasteiger partial charge in [-0.25, -0.2) is 0 Å². The van der Waals surface area contributed by atoms with E-state index < -0.39 is 0 Å². The summed E-state index contributed by atoms with van der Waals surface area (Å²) in [6.45, 7) is 4.92. The molecule has 8 heteroatoms. The summed E-state index contributed by atoms with van der Waals surface area (Å²) in [5.41, 5.74) is 0. The Morgan fingerprint density at radius 2 is 2.10 bits per heavy atom. The second kappa shape index (κ2) is 7.03. The van der Waals surface area contributed by atoms with Crippen LogP contribution in [0.2, 0.25) is 0 Å². The summed E-state index contributed by atoms with van der Waals surface area (Å²) in [5.74, 6) is 0.954. The molecule has 0 spiro atoms. The quantitative estimate of drug-likeness (QED) is 0.678. The van der Waals surface area contributed by atoms with Crippen molar-refractivity contribution in [2.45, 2.75) is 31.0 Å². The Balaban J connectivity index is 1.84. The summed E-state index contributed by atoms with van der Waals surface area (Å²) in [6, 6.07) is 0. The molecule has 0 aromatic carbocycles. The van der Waals surface area contributed by atoms with Crippen molar-refractivity contribution in [3.05, 3.63) is 0 Å². The molecular formula is C12H18N4O2S2. The van der Waals surface area contributed by atoms with Crippen LogP contribution in [-0.2, 0) is 9.59 Å². The molecule has 1 aliphatic rings. The van der Waals surface area contributed by atoms with Gasteiger partial charge in [0.15, 0.2) is 4.34 Å². The first-order valence-electron chi connectivity index (χ1n) is 6.62. The van der Waals surface area contributed by atoms with Crippen LogP contribution in [0.4, 0.5) is 5.13 Å². The Morgan fingerprint density at radius 1 is 1.40 bits per heavy atom. The monoisotopic (exact) mass is 314 g/mol. The topological polar surface area (TPSA) is 75.2 Å². The van der Waals surface area contributed by atoms with Gasteiger partial charge < -0.3 is 10.2 Å². The molecule has 110 valence electrons. The van der Waals surface area contributed by atoms with Gasteiger partial charge >= 0.3 is 0 Å². The lowest BCUT2D eigenvalue weighted by atomic mass is 9.96. The summed E-state index contributed by atoms with van der Waals surface area (Å²) < 4.78 is 0.870. The van der Waals surface area contributed by atoms with Crippen molar-refractivity contribution in [3.63, 3.8) is 0 Å². The summed E-state index contributed by atoms with van der Waals surface area (Å²) in [6.07, 6.45) is 1.42. The molecule has 20 heavy (non-hydrogen) atoms. The highest BCUT2D eigenvalue weighted by Gasteiger charge is 2.26. The molecule has 1 aromatic heterocycles. The maximum atomic E-state index is 12.1. The fourth-order valence-corrected chi connectivity index (χ4v) is 3.76. The first kappa shape index (κ1) is 15.2. The van der Waals surface area contributed by atoms with Gasteiger partial charge in [-0.3, -0.25) is 9.59 Å². The summed E-state index contributed by atoms with van der Waals surface area (Å²) in [5, 5.41) is 11.3. The van der Waals surface area contributed by atoms with Crippen LogP contribution in [-0.4, -0.2) is 45.8 Å². The van der Waals surface area contributed by atoms with Gasteiger partial charge in [0.05, 0.1) is 0 Å². The molecule has 2 heterocycles. The molecule has 0 atom stereocenters. The number of anilines is 1. The number of rotatable bonds is 4. The molecule has 1 aliphatic heterocycles. The van der Waals surface area contributed by atoms with Crippen LogP contribution >= 0.6 is 23.1 Å². The van der Waals surface area contributed by atoms with Crippen molar-refractivity contribution in [2.75, 3.05) is 24.2 Å². The molecule has 6 nitrogen and oxygen atoms in total. The van der Waals surface area contributed by atoms with E-state index in [1.165, 1.54) is 11.3 Å². The largest absolute Gasteiger partial charge is 0.343 e. The van der Waals surface area contributed by atoms with Gasteiger partial charge in [0, 0.05) is 25.9 Å². The Kier molecular flexibility index (Phi) is 5.36. The van der Waals surface area contributed by atoms with Gasteiger partial charge in [-0.05, 0) is 18.6 Å². The predicted octanol–water partition coefficient (Wildman–Crippen LogP) is 1.85. The zero-order valence-corrected chi connectivity index (χ0v) is 13.2. The Hall–Kier alpha value is -1.15. The molecule has 0 bridgehead atoms. The number of amides is 2. The van der Waals surface area contributed by atoms with Crippen LogP contribution in [0.15, 0.2) is 4.34 Å². The van der Waals surface area contributed by atoms with Crippen LogP contribution < -0.4 is 5.32 Å². The Bertz CT molecular complexity index is 484. The summed E-state index contributed by atoms with van der Waals surface area (Å²) in [4.78, 5) is 25.1. The van der Waals surface area contributed by atoms with Crippen LogP contribution in [0.3, 0.4) is 0 Å². The van der Waals surface area contributed by atoms with E-state index in [1.807, 2.05) is 6.92 Å². The molecule has 1 saturated heterocycles. The van der Waals surface area contributed by atoms with E-state index in [2.05, 4.69) is 15.5 Å². The molecule has 2 amide bonds. The number of nitrogens with one attached hydrogen (secondary N) is 1. The molecule has 0 saturated carbocycles. The first-order chi connectivity index (χ1) is 9.60. The van der Waals surface area contributed by atoms with Gasteiger partial charge in [0.25, 0.3) is 0 Å². The number of likely N-dealkylation sites (tertiary alicyclic amines) is 1. The first-order valence-corrected chi connectivity index (χ1v) is 8.43. The average molecular weight is 314 g/mol. The lowest BCUT2D eigenvalue weighted by Gasteiger charge is -2.30. The predicted molar refractivity (Wildman–Crippen MR) is 79.9 cm³/mol. The number of nitrogens with zero attached hydrogens (tertiary/aromatic N) is 3. The van der Waals surface area contributed by atoms with Gasteiger partial charge in [-0.15, -0.1) is 10.2 Å². The molecule has 0 radical (unpaired) electrons. The minimum absolute atomic E-state index is 0.0163. The van der Waals surface area contributed by atoms with Gasteiger partial charge in [-0.1, -0.05) is 30.0 Å². The van der Waals surface area contributed by atoms with Crippen LogP contribution in [0.1, 0.15) is 26.7 Å². The van der Waals surface area contributed by atoms with Crippen LogP contribution in [0.25, 0.3) is 0 Å². The number of piperidine rings is 1. The Labute approximate surface area is 126 Å². The third-order valence-electron chi connectivity index (χ3n) is 3.22. The second-order valence-electron chi connectivity index (χ2n) is 4.58. The van der Waals surface area contributed by atoms with Gasteiger partial charge in [0.2, 0.25) is 16.9 Å². The van der Waals surface area contributed by atoms with E-state index in [4.69, 9.17) is 0 Å². The van der Waals surface area contributed by atoms with E-state index in [1.54, 1.807) is 23.6 Å². The van der Waals surface area contributed by atoms with E-state index in [0.717, 1.165) is 10.1 Å². The maximum Gasteiger partial charge on any atom is 0.229 e. The van der Waals surface area contributed by atoms with Crippen molar-refractivity contribution < 1.29 is 9.59 Å². The maximum absolute atomic E-state index is 12.1. The van der Waals surface area contributed by atoms with E-state index in [9.17, 15) is 9.59 Å². The highest BCUT2D eigenvalue weighted by molar-refractivity contribution is 8.01. The van der Waals surface area contributed by atoms with Crippen LogP contribution in [0.5, 0.6) is 0 Å². The smallest absolute Gasteiger partial charge is 0.229 e. The van der Waals surface area contributed by atoms with Crippen molar-refractivity contribution in [1.82, 2.24) is 15.1 Å². The molecule has 1 aromatic rings. The minimum atomic E-state index is -0.0446. The normalized spacial score (nSPS) is 16.2. The average Bonchev–Trinajstić information content (AvgIpc) is 2.86. The molecular weight excluding hydrogens is 296 g/mol. The van der Waals surface area contributed by atoms with E-state index in [-0.39, 0.29) is 17.7 Å². The number of aromatic nitrogens is 2. The fourth-order valence-electron chi connectivity index (χ4n) is 2.11. The number of carbonyl (C=O) groups is 2. The third-order valence-corrected chi connectivity index (χ3v) is 5.07. The molecule has 0 aliphatic carbocycles. The lowest BCUT2D eigenvalue weighted by molar-refractivity contribution is -0.132. The van der Waals surface area contributed by atoms with Gasteiger partial charge in [-0.2, -0.15) is 0 Å². The SMILES string of the molecule is CCSc1nnc(NC(=O)C2CCN(C(C)=O)CC2)s1. The van der Waals surface area contributed by atoms with E-state index >= 15 is 0 Å². The number of thioether (sulfide) groups is 1. The zero-order chi connectivity index (χ0) is 14.5. The summed E-state index contributed by atoms with van der Waals surface area (Å²) >= 11 is 3.01. The number of hydrogen-bond donors (Lipinski definition) is 1. The Morgan fingerprint density at radius 3 is 2.70 bits per heavy atom. The highest BCUT2D eigenvalue weighted by Crippen LogP contribution is 2.26. The van der Waals surface area contributed by atoms with Gasteiger partial charge in [0.1, 0.15) is 0 Å². The molecule has 2 rings (SSSR count). The van der Waals surface area contributed by atoms with Crippen molar-refractivity contribution in [2.24, 2.45) is 5.92 Å². The van der Waals surface area contributed by atoms with E-state index in [0.29, 0.717) is 31.1 Å². The molecule has 0 unspecified atom stereocenters. The fraction of sp³-hybridized carbons (Fsp3) is 0.667. The second-order valence-corrected chi connectivity index (χ2v) is 7.06. The van der Waals surface area contributed by atoms with Crippen molar-refractivity contribution in [3.8, 4) is 0 Å². The number of carbonyl (C=O) groups excluding carboxylic acids is 2. The summed E-state index contributed by atoms with van der Waals surface area (Å²) in [7, 11) is 0. The third kappa shape index (κ3) is 3.92. The number of hydrogen-bond acceptors (Lipinski definition) is 6. The van der Waals surface area contributed by atoms with Crippen molar-refractivity contribution >= 4 is 40.0 Å².